The van der Waals surface area contributed by atoms with E-state index in [1.165, 1.54) is 36.6 Å². The number of hydrogen-bond donors (Lipinski definition) is 0. The van der Waals surface area contributed by atoms with Gasteiger partial charge in [-0.1, -0.05) is 74.4 Å². The van der Waals surface area contributed by atoms with Crippen molar-refractivity contribution in [2.75, 3.05) is 26.7 Å². The van der Waals surface area contributed by atoms with Gasteiger partial charge in [0, 0.05) is 19.5 Å². The SMILES string of the molecule is CCc1ccc(C(OC2CCN(CCCCCCC(=O)OC)CC2)c2ccccc2)cc1. The highest BCUT2D eigenvalue weighted by atomic mass is 16.5. The maximum atomic E-state index is 11.2. The molecule has 0 N–H and O–H groups in total. The summed E-state index contributed by atoms with van der Waals surface area (Å²) in [4.78, 5) is 13.7. The minimum atomic E-state index is -0.0952. The van der Waals surface area contributed by atoms with Crippen LogP contribution in [0.15, 0.2) is 54.6 Å². The summed E-state index contributed by atoms with van der Waals surface area (Å²) in [5.74, 6) is -0.0952. The number of carbonyl (C=O) groups is 1. The van der Waals surface area contributed by atoms with Crippen LogP contribution in [0.4, 0.5) is 0 Å². The number of rotatable bonds is 12. The van der Waals surface area contributed by atoms with Crippen molar-refractivity contribution in [3.8, 4) is 0 Å². The molecule has 0 spiro atoms. The predicted molar refractivity (Wildman–Crippen MR) is 130 cm³/mol. The first-order valence-electron chi connectivity index (χ1n) is 12.3. The Morgan fingerprint density at radius 3 is 2.25 bits per heavy atom. The molecule has 174 valence electrons. The summed E-state index contributed by atoms with van der Waals surface area (Å²) >= 11 is 0. The normalized spacial score (nSPS) is 16.1. The van der Waals surface area contributed by atoms with Crippen LogP contribution in [-0.2, 0) is 20.7 Å². The summed E-state index contributed by atoms with van der Waals surface area (Å²) in [5.41, 5.74) is 3.83. The molecule has 1 aliphatic heterocycles. The highest BCUT2D eigenvalue weighted by molar-refractivity contribution is 5.68. The molecule has 0 radical (unpaired) electrons. The maximum absolute atomic E-state index is 11.2. The zero-order chi connectivity index (χ0) is 22.6. The molecule has 32 heavy (non-hydrogen) atoms. The van der Waals surface area contributed by atoms with Crippen molar-refractivity contribution in [2.24, 2.45) is 0 Å². The molecule has 3 rings (SSSR count). The lowest BCUT2D eigenvalue weighted by Crippen LogP contribution is -2.38. The van der Waals surface area contributed by atoms with Gasteiger partial charge >= 0.3 is 5.97 Å². The highest BCUT2D eigenvalue weighted by Crippen LogP contribution is 2.30. The van der Waals surface area contributed by atoms with E-state index >= 15 is 0 Å². The minimum absolute atomic E-state index is 0.00605. The average molecular weight is 438 g/mol. The van der Waals surface area contributed by atoms with Crippen LogP contribution >= 0.6 is 0 Å². The van der Waals surface area contributed by atoms with Gasteiger partial charge in [-0.2, -0.15) is 0 Å². The lowest BCUT2D eigenvalue weighted by Gasteiger charge is -2.34. The maximum Gasteiger partial charge on any atom is 0.305 e. The Balaban J connectivity index is 1.45. The predicted octanol–water partition coefficient (Wildman–Crippen LogP) is 5.94. The second kappa shape index (κ2) is 13.4. The van der Waals surface area contributed by atoms with E-state index in [-0.39, 0.29) is 12.1 Å². The fourth-order valence-corrected chi connectivity index (χ4v) is 4.43. The summed E-state index contributed by atoms with van der Waals surface area (Å²) in [6, 6.07) is 19.5. The van der Waals surface area contributed by atoms with Gasteiger partial charge in [-0.25, -0.2) is 0 Å². The first kappa shape index (κ1) is 24.5. The van der Waals surface area contributed by atoms with E-state index in [0.29, 0.717) is 12.5 Å². The Kier molecular flexibility index (Phi) is 10.2. The van der Waals surface area contributed by atoms with Crippen molar-refractivity contribution in [3.63, 3.8) is 0 Å². The first-order chi connectivity index (χ1) is 15.7. The second-order valence-corrected chi connectivity index (χ2v) is 8.80. The van der Waals surface area contributed by atoms with Crippen LogP contribution in [0.25, 0.3) is 0 Å². The van der Waals surface area contributed by atoms with Crippen LogP contribution < -0.4 is 0 Å². The van der Waals surface area contributed by atoms with Crippen molar-refractivity contribution < 1.29 is 14.3 Å². The quantitative estimate of drug-likeness (QED) is 0.304. The van der Waals surface area contributed by atoms with Gasteiger partial charge < -0.3 is 14.4 Å². The number of benzene rings is 2. The zero-order valence-corrected chi connectivity index (χ0v) is 19.8. The Morgan fingerprint density at radius 2 is 1.59 bits per heavy atom. The fourth-order valence-electron chi connectivity index (χ4n) is 4.43. The monoisotopic (exact) mass is 437 g/mol. The standard InChI is InChI=1S/C28H39NO3/c1-3-23-14-16-25(17-15-23)28(24-11-7-6-8-12-24)32-26-18-21-29(22-19-26)20-10-5-4-9-13-27(30)31-2/h6-8,11-12,14-17,26,28H,3-5,9-10,13,18-22H2,1-2H3. The Bertz CT molecular complexity index is 782. The number of hydrogen-bond acceptors (Lipinski definition) is 4. The van der Waals surface area contributed by atoms with Gasteiger partial charge in [0.25, 0.3) is 0 Å². The van der Waals surface area contributed by atoms with Crippen molar-refractivity contribution in [2.45, 2.75) is 70.5 Å². The Hall–Kier alpha value is -2.17. The van der Waals surface area contributed by atoms with E-state index in [4.69, 9.17) is 9.47 Å². The number of likely N-dealkylation sites (tertiary alicyclic amines) is 1. The molecule has 1 saturated heterocycles. The van der Waals surface area contributed by atoms with Crippen LogP contribution in [0.2, 0.25) is 0 Å². The van der Waals surface area contributed by atoms with E-state index in [0.717, 1.165) is 51.7 Å². The van der Waals surface area contributed by atoms with E-state index < -0.39 is 0 Å². The lowest BCUT2D eigenvalue weighted by molar-refractivity contribution is -0.140. The average Bonchev–Trinajstić information content (AvgIpc) is 2.86. The summed E-state index contributed by atoms with van der Waals surface area (Å²) in [6.07, 6.45) is 8.46. The number of ether oxygens (including phenoxy) is 2. The van der Waals surface area contributed by atoms with Gasteiger partial charge in [-0.3, -0.25) is 4.79 Å². The van der Waals surface area contributed by atoms with Gasteiger partial charge in [0.15, 0.2) is 0 Å². The molecule has 0 saturated carbocycles. The Morgan fingerprint density at radius 1 is 0.938 bits per heavy atom. The molecule has 1 heterocycles. The molecule has 4 nitrogen and oxygen atoms in total. The molecule has 0 amide bonds. The number of methoxy groups -OCH3 is 1. The smallest absolute Gasteiger partial charge is 0.305 e. The summed E-state index contributed by atoms with van der Waals surface area (Å²) in [5, 5.41) is 0. The van der Waals surface area contributed by atoms with Gasteiger partial charge in [-0.15, -0.1) is 0 Å². The molecular weight excluding hydrogens is 398 g/mol. The van der Waals surface area contributed by atoms with Crippen molar-refractivity contribution in [1.29, 1.82) is 0 Å². The summed E-state index contributed by atoms with van der Waals surface area (Å²) in [6.45, 7) is 5.54. The molecule has 0 aliphatic carbocycles. The van der Waals surface area contributed by atoms with Gasteiger partial charge in [0.05, 0.1) is 13.2 Å². The van der Waals surface area contributed by atoms with Gasteiger partial charge in [0.1, 0.15) is 6.10 Å². The van der Waals surface area contributed by atoms with Crippen LogP contribution in [0.1, 0.15) is 74.7 Å². The molecule has 2 aromatic carbocycles. The van der Waals surface area contributed by atoms with Crippen LogP contribution in [0.5, 0.6) is 0 Å². The molecule has 1 aliphatic rings. The lowest BCUT2D eigenvalue weighted by atomic mass is 9.98. The molecule has 1 atom stereocenters. The van der Waals surface area contributed by atoms with Gasteiger partial charge in [-0.05, 0) is 55.3 Å². The van der Waals surface area contributed by atoms with Crippen LogP contribution in [0, 0.1) is 0 Å². The van der Waals surface area contributed by atoms with Crippen molar-refractivity contribution in [3.05, 3.63) is 71.3 Å². The van der Waals surface area contributed by atoms with E-state index in [2.05, 4.69) is 66.4 Å². The number of unbranched alkanes of at least 4 members (excludes halogenated alkanes) is 3. The highest BCUT2D eigenvalue weighted by Gasteiger charge is 2.24. The van der Waals surface area contributed by atoms with E-state index in [1.807, 2.05) is 0 Å². The number of carbonyl (C=O) groups excluding carboxylic acids is 1. The number of nitrogens with zero attached hydrogens (tertiary/aromatic N) is 1. The number of aryl methyl sites for hydroxylation is 1. The molecule has 1 fully saturated rings. The van der Waals surface area contributed by atoms with Crippen LogP contribution in [-0.4, -0.2) is 43.7 Å². The molecule has 0 bridgehead atoms. The van der Waals surface area contributed by atoms with Crippen molar-refractivity contribution >= 4 is 5.97 Å². The largest absolute Gasteiger partial charge is 0.469 e. The summed E-state index contributed by atoms with van der Waals surface area (Å²) < 4.78 is 11.4. The van der Waals surface area contributed by atoms with Crippen molar-refractivity contribution in [1.82, 2.24) is 4.90 Å². The third-order valence-corrected chi connectivity index (χ3v) is 6.49. The molecule has 1 unspecified atom stereocenters. The van der Waals surface area contributed by atoms with E-state index in [1.54, 1.807) is 0 Å². The number of piperidine rings is 1. The minimum Gasteiger partial charge on any atom is -0.469 e. The number of esters is 1. The molecule has 2 aromatic rings. The fraction of sp³-hybridized carbons (Fsp3) is 0.536. The Labute approximate surface area is 193 Å². The first-order valence-corrected chi connectivity index (χ1v) is 12.3. The molecular formula is C28H39NO3. The zero-order valence-electron chi connectivity index (χ0n) is 19.8. The third kappa shape index (κ3) is 7.75. The molecule has 4 heteroatoms. The summed E-state index contributed by atoms with van der Waals surface area (Å²) in [7, 11) is 1.46. The van der Waals surface area contributed by atoms with E-state index in [9.17, 15) is 4.79 Å². The van der Waals surface area contributed by atoms with Gasteiger partial charge in [0.2, 0.25) is 0 Å². The third-order valence-electron chi connectivity index (χ3n) is 6.49. The molecule has 0 aromatic heterocycles. The van der Waals surface area contributed by atoms with Crippen LogP contribution in [0.3, 0.4) is 0 Å². The topological polar surface area (TPSA) is 38.8 Å². The second-order valence-electron chi connectivity index (χ2n) is 8.80.